The SMILES string of the molecule is C/C=C(\C)CCCN(C/C(=C/C)CCCCC)C1=CC=CC=C[CH]1. The lowest BCUT2D eigenvalue weighted by molar-refractivity contribution is 0.366. The fourth-order valence-corrected chi connectivity index (χ4v) is 2.86. The second kappa shape index (κ2) is 12.9. The zero-order chi connectivity index (χ0) is 17.6. The first kappa shape index (κ1) is 20.5. The lowest BCUT2D eigenvalue weighted by atomic mass is 10.1. The van der Waals surface area contributed by atoms with Crippen LogP contribution in [0.2, 0.25) is 0 Å². The van der Waals surface area contributed by atoms with E-state index in [4.69, 9.17) is 0 Å². The minimum Gasteiger partial charge on any atom is -0.370 e. The van der Waals surface area contributed by atoms with Gasteiger partial charge in [0.15, 0.2) is 0 Å². The molecule has 0 heterocycles. The molecule has 1 nitrogen and oxygen atoms in total. The van der Waals surface area contributed by atoms with E-state index in [-0.39, 0.29) is 0 Å². The number of rotatable bonds is 11. The number of hydrogen-bond acceptors (Lipinski definition) is 1. The lowest BCUT2D eigenvalue weighted by Crippen LogP contribution is -2.27. The summed E-state index contributed by atoms with van der Waals surface area (Å²) in [5.74, 6) is 0. The van der Waals surface area contributed by atoms with Gasteiger partial charge in [0.1, 0.15) is 0 Å². The van der Waals surface area contributed by atoms with Crippen LogP contribution in [0.5, 0.6) is 0 Å². The van der Waals surface area contributed by atoms with E-state index in [2.05, 4.69) is 81.5 Å². The molecule has 1 aliphatic rings. The summed E-state index contributed by atoms with van der Waals surface area (Å²) in [5.41, 5.74) is 4.38. The van der Waals surface area contributed by atoms with Crippen LogP contribution >= 0.6 is 0 Å². The van der Waals surface area contributed by atoms with Gasteiger partial charge in [0.05, 0.1) is 0 Å². The molecule has 24 heavy (non-hydrogen) atoms. The minimum atomic E-state index is 1.05. The van der Waals surface area contributed by atoms with Gasteiger partial charge in [0.2, 0.25) is 0 Å². The van der Waals surface area contributed by atoms with Gasteiger partial charge in [-0.25, -0.2) is 0 Å². The van der Waals surface area contributed by atoms with Crippen molar-refractivity contribution in [2.24, 2.45) is 0 Å². The molecule has 0 N–H and O–H groups in total. The summed E-state index contributed by atoms with van der Waals surface area (Å²) in [4.78, 5) is 2.55. The van der Waals surface area contributed by atoms with Crippen LogP contribution in [0.1, 0.15) is 66.2 Å². The molecular formula is C23H36N. The van der Waals surface area contributed by atoms with Crippen molar-refractivity contribution in [2.45, 2.75) is 66.2 Å². The molecule has 1 aliphatic carbocycles. The van der Waals surface area contributed by atoms with Crippen molar-refractivity contribution in [1.29, 1.82) is 0 Å². The van der Waals surface area contributed by atoms with Crippen molar-refractivity contribution >= 4 is 0 Å². The zero-order valence-electron chi connectivity index (χ0n) is 16.2. The molecule has 0 aromatic carbocycles. The highest BCUT2D eigenvalue weighted by molar-refractivity contribution is 5.31. The van der Waals surface area contributed by atoms with Gasteiger partial charge < -0.3 is 4.90 Å². The Bertz CT molecular complexity index is 488. The largest absolute Gasteiger partial charge is 0.370 e. The first-order valence-corrected chi connectivity index (χ1v) is 9.60. The van der Waals surface area contributed by atoms with Crippen LogP contribution in [-0.2, 0) is 0 Å². The number of hydrogen-bond donors (Lipinski definition) is 0. The summed E-state index contributed by atoms with van der Waals surface area (Å²) >= 11 is 0. The van der Waals surface area contributed by atoms with Crippen LogP contribution in [0.25, 0.3) is 0 Å². The van der Waals surface area contributed by atoms with Gasteiger partial charge in [-0.05, 0) is 52.5 Å². The van der Waals surface area contributed by atoms with Crippen molar-refractivity contribution in [3.63, 3.8) is 0 Å². The van der Waals surface area contributed by atoms with E-state index in [9.17, 15) is 0 Å². The van der Waals surface area contributed by atoms with Crippen molar-refractivity contribution in [1.82, 2.24) is 4.90 Å². The number of nitrogens with zero attached hydrogens (tertiary/aromatic N) is 1. The third-order valence-electron chi connectivity index (χ3n) is 4.63. The Balaban J connectivity index is 2.70. The zero-order valence-corrected chi connectivity index (χ0v) is 16.2. The van der Waals surface area contributed by atoms with Gasteiger partial charge in [-0.3, -0.25) is 0 Å². The molecule has 0 saturated heterocycles. The maximum Gasteiger partial charge on any atom is 0.0386 e. The van der Waals surface area contributed by atoms with E-state index in [1.54, 1.807) is 5.57 Å². The molecule has 0 aromatic rings. The highest BCUT2D eigenvalue weighted by atomic mass is 15.1. The molecule has 0 saturated carbocycles. The quantitative estimate of drug-likeness (QED) is 0.299. The maximum absolute atomic E-state index is 2.55. The van der Waals surface area contributed by atoms with Crippen LogP contribution in [0.4, 0.5) is 0 Å². The summed E-state index contributed by atoms with van der Waals surface area (Å²) in [5, 5.41) is 0. The molecule has 0 atom stereocenters. The first-order chi connectivity index (χ1) is 11.7. The van der Waals surface area contributed by atoms with E-state index in [1.807, 2.05) is 0 Å². The van der Waals surface area contributed by atoms with Gasteiger partial charge in [-0.2, -0.15) is 0 Å². The van der Waals surface area contributed by atoms with Gasteiger partial charge >= 0.3 is 0 Å². The summed E-state index contributed by atoms with van der Waals surface area (Å²) < 4.78 is 0. The maximum atomic E-state index is 2.55. The van der Waals surface area contributed by atoms with Gasteiger partial charge in [-0.15, -0.1) is 0 Å². The van der Waals surface area contributed by atoms with E-state index in [1.165, 1.54) is 49.8 Å². The number of unbranched alkanes of at least 4 members (excludes halogenated alkanes) is 2. The third-order valence-corrected chi connectivity index (χ3v) is 4.63. The highest BCUT2D eigenvalue weighted by Gasteiger charge is 2.11. The normalized spacial score (nSPS) is 15.4. The van der Waals surface area contributed by atoms with Crippen molar-refractivity contribution in [3.8, 4) is 0 Å². The monoisotopic (exact) mass is 326 g/mol. The Morgan fingerprint density at radius 1 is 0.958 bits per heavy atom. The van der Waals surface area contributed by atoms with Crippen LogP contribution in [0.3, 0.4) is 0 Å². The van der Waals surface area contributed by atoms with Crippen molar-refractivity contribution in [2.75, 3.05) is 13.1 Å². The second-order valence-electron chi connectivity index (χ2n) is 6.59. The van der Waals surface area contributed by atoms with Crippen LogP contribution in [-0.4, -0.2) is 18.0 Å². The molecule has 133 valence electrons. The molecule has 0 aliphatic heterocycles. The standard InChI is InChI=1S/C23H36N/c1-5-8-11-16-22(7-3)20-24(19-14-15-21(4)6-2)23-17-12-9-10-13-18-23/h6-7,9-10,12-13,17-18H,5,8,11,14-16,19-20H2,1-4H3/b21-6+,22-7+. The Labute approximate surface area is 150 Å². The molecule has 1 rings (SSSR count). The highest BCUT2D eigenvalue weighted by Crippen LogP contribution is 2.19. The molecular weight excluding hydrogens is 290 g/mol. The predicted octanol–water partition coefficient (Wildman–Crippen LogP) is 6.78. The molecule has 0 unspecified atom stereocenters. The van der Waals surface area contributed by atoms with Gasteiger partial charge in [0, 0.05) is 25.2 Å². The van der Waals surface area contributed by atoms with Gasteiger partial charge in [0.25, 0.3) is 0 Å². The van der Waals surface area contributed by atoms with Crippen LogP contribution < -0.4 is 0 Å². The van der Waals surface area contributed by atoms with E-state index < -0.39 is 0 Å². The number of allylic oxidation sites excluding steroid dienone is 8. The van der Waals surface area contributed by atoms with E-state index in [0.29, 0.717) is 0 Å². The summed E-state index contributed by atoms with van der Waals surface area (Å²) in [6.07, 6.45) is 25.1. The van der Waals surface area contributed by atoms with Crippen LogP contribution in [0, 0.1) is 6.42 Å². The van der Waals surface area contributed by atoms with E-state index in [0.717, 1.165) is 13.1 Å². The Morgan fingerprint density at radius 2 is 1.75 bits per heavy atom. The first-order valence-electron chi connectivity index (χ1n) is 9.60. The summed E-state index contributed by atoms with van der Waals surface area (Å²) in [6, 6.07) is 0. The minimum absolute atomic E-state index is 1.05. The molecule has 1 radical (unpaired) electrons. The summed E-state index contributed by atoms with van der Waals surface area (Å²) in [6.45, 7) is 11.0. The fraction of sp³-hybridized carbons (Fsp3) is 0.522. The lowest BCUT2D eigenvalue weighted by Gasteiger charge is -2.28. The molecule has 0 spiro atoms. The average molecular weight is 327 g/mol. The Hall–Kier alpha value is -1.50. The Morgan fingerprint density at radius 3 is 2.46 bits per heavy atom. The Kier molecular flexibility index (Phi) is 11.0. The molecule has 0 bridgehead atoms. The van der Waals surface area contributed by atoms with Crippen molar-refractivity contribution in [3.05, 3.63) is 65.8 Å². The van der Waals surface area contributed by atoms with E-state index >= 15 is 0 Å². The predicted molar refractivity (Wildman–Crippen MR) is 109 cm³/mol. The van der Waals surface area contributed by atoms with Gasteiger partial charge in [-0.1, -0.05) is 67.4 Å². The smallest absolute Gasteiger partial charge is 0.0386 e. The third kappa shape index (κ3) is 8.38. The van der Waals surface area contributed by atoms with Crippen LogP contribution in [0.15, 0.2) is 59.4 Å². The molecule has 0 amide bonds. The summed E-state index contributed by atoms with van der Waals surface area (Å²) in [7, 11) is 0. The molecule has 0 aromatic heterocycles. The molecule has 1 heteroatoms. The average Bonchev–Trinajstić information content (AvgIpc) is 2.88. The topological polar surface area (TPSA) is 3.24 Å². The second-order valence-corrected chi connectivity index (χ2v) is 6.59. The molecule has 0 fully saturated rings. The van der Waals surface area contributed by atoms with Crippen molar-refractivity contribution < 1.29 is 0 Å². The fourth-order valence-electron chi connectivity index (χ4n) is 2.86.